The second-order valence-electron chi connectivity index (χ2n) is 4.32. The van der Waals surface area contributed by atoms with Gasteiger partial charge in [0.05, 0.1) is 17.5 Å². The van der Waals surface area contributed by atoms with Crippen LogP contribution in [0.1, 0.15) is 23.0 Å². The Balaban J connectivity index is 2.15. The third-order valence-electron chi connectivity index (χ3n) is 2.82. The Morgan fingerprint density at radius 3 is 2.86 bits per heavy atom. The Morgan fingerprint density at radius 2 is 2.14 bits per heavy atom. The van der Waals surface area contributed by atoms with Gasteiger partial charge in [-0.1, -0.05) is 31.3 Å². The lowest BCUT2D eigenvalue weighted by molar-refractivity contribution is 0.102. The minimum atomic E-state index is -0.244. The lowest BCUT2D eigenvalue weighted by Gasteiger charge is -2.11. The van der Waals surface area contributed by atoms with Crippen molar-refractivity contribution in [2.45, 2.75) is 13.3 Å². The van der Waals surface area contributed by atoms with Crippen LogP contribution in [0.5, 0.6) is 5.75 Å². The van der Waals surface area contributed by atoms with Crippen molar-refractivity contribution in [3.63, 3.8) is 0 Å². The van der Waals surface area contributed by atoms with Crippen molar-refractivity contribution in [2.24, 2.45) is 5.73 Å². The number of hydrogen-bond acceptors (Lipinski definition) is 4. The van der Waals surface area contributed by atoms with Crippen LogP contribution in [0.2, 0.25) is 0 Å². The molecule has 0 atom stereocenters. The summed E-state index contributed by atoms with van der Waals surface area (Å²) in [5.41, 5.74) is 6.49. The van der Waals surface area contributed by atoms with Gasteiger partial charge in [-0.25, -0.2) is 0 Å². The molecule has 3 N–H and O–H groups in total. The number of hydrogen-bond donors (Lipinski definition) is 2. The molecule has 0 spiro atoms. The van der Waals surface area contributed by atoms with Gasteiger partial charge in [0, 0.05) is 6.42 Å². The summed E-state index contributed by atoms with van der Waals surface area (Å²) < 4.78 is 10.7. The first-order chi connectivity index (χ1) is 10.1. The maximum absolute atomic E-state index is 12.3. The molecule has 0 saturated carbocycles. The highest BCUT2D eigenvalue weighted by Gasteiger charge is 2.15. The monoisotopic (exact) mass is 304 g/mol. The first-order valence-electron chi connectivity index (χ1n) is 6.49. The fourth-order valence-corrected chi connectivity index (χ4v) is 1.91. The predicted molar refractivity (Wildman–Crippen MR) is 84.8 cm³/mol. The summed E-state index contributed by atoms with van der Waals surface area (Å²) in [5.74, 6) is 0.918. The van der Waals surface area contributed by atoms with E-state index >= 15 is 0 Å². The molecule has 110 valence electrons. The number of thiocarbonyl (C=S) groups is 1. The van der Waals surface area contributed by atoms with E-state index in [0.717, 1.165) is 0 Å². The summed E-state index contributed by atoms with van der Waals surface area (Å²) in [6.07, 6.45) is 2.15. The zero-order valence-electron chi connectivity index (χ0n) is 11.6. The second-order valence-corrected chi connectivity index (χ2v) is 4.84. The number of ether oxygens (including phenoxy) is 1. The summed E-state index contributed by atoms with van der Waals surface area (Å²) in [6, 6.07) is 8.74. The van der Waals surface area contributed by atoms with Crippen LogP contribution in [-0.4, -0.2) is 17.5 Å². The van der Waals surface area contributed by atoms with Crippen LogP contribution in [0.25, 0.3) is 0 Å². The predicted octanol–water partition coefficient (Wildman–Crippen LogP) is 2.76. The number of nitrogens with one attached hydrogen (secondary N) is 1. The SMILES string of the molecule is CCc1occc1C(=O)Nc1ccccc1OCC(N)=S. The Morgan fingerprint density at radius 1 is 1.38 bits per heavy atom. The van der Waals surface area contributed by atoms with Crippen LogP contribution in [0.4, 0.5) is 5.69 Å². The molecule has 0 aliphatic heterocycles. The maximum atomic E-state index is 12.3. The van der Waals surface area contributed by atoms with E-state index in [4.69, 9.17) is 27.1 Å². The molecule has 0 radical (unpaired) electrons. The summed E-state index contributed by atoms with van der Waals surface area (Å²) in [5, 5.41) is 2.80. The Bertz CT molecular complexity index is 652. The Labute approximate surface area is 128 Å². The molecule has 1 heterocycles. The van der Waals surface area contributed by atoms with E-state index in [2.05, 4.69) is 5.32 Å². The van der Waals surface area contributed by atoms with Gasteiger partial charge in [-0.2, -0.15) is 0 Å². The highest BCUT2D eigenvalue weighted by atomic mass is 32.1. The number of carbonyl (C=O) groups excluding carboxylic acids is 1. The van der Waals surface area contributed by atoms with Crippen molar-refractivity contribution in [1.82, 2.24) is 0 Å². The van der Waals surface area contributed by atoms with Crippen molar-refractivity contribution in [3.05, 3.63) is 47.9 Å². The quantitative estimate of drug-likeness (QED) is 0.802. The molecular formula is C15H16N2O3S. The van der Waals surface area contributed by atoms with E-state index in [0.29, 0.717) is 29.2 Å². The van der Waals surface area contributed by atoms with Crippen molar-refractivity contribution in [3.8, 4) is 5.75 Å². The highest BCUT2D eigenvalue weighted by Crippen LogP contribution is 2.25. The molecule has 21 heavy (non-hydrogen) atoms. The van der Waals surface area contributed by atoms with Gasteiger partial charge in [0.1, 0.15) is 23.1 Å². The van der Waals surface area contributed by atoms with E-state index in [1.165, 1.54) is 6.26 Å². The normalized spacial score (nSPS) is 10.1. The van der Waals surface area contributed by atoms with Gasteiger partial charge in [0.2, 0.25) is 0 Å². The van der Waals surface area contributed by atoms with Gasteiger partial charge >= 0.3 is 0 Å². The fraction of sp³-hybridized carbons (Fsp3) is 0.200. The molecule has 0 bridgehead atoms. The molecule has 0 fully saturated rings. The van der Waals surface area contributed by atoms with Gasteiger partial charge in [-0.05, 0) is 18.2 Å². The molecule has 0 unspecified atom stereocenters. The molecular weight excluding hydrogens is 288 g/mol. The summed E-state index contributed by atoms with van der Waals surface area (Å²) in [7, 11) is 0. The Hall–Kier alpha value is -2.34. The van der Waals surface area contributed by atoms with Gasteiger partial charge in [-0.3, -0.25) is 4.79 Å². The topological polar surface area (TPSA) is 77.5 Å². The number of rotatable bonds is 6. The molecule has 2 aromatic rings. The lowest BCUT2D eigenvalue weighted by atomic mass is 10.2. The van der Waals surface area contributed by atoms with Crippen LogP contribution in [0.3, 0.4) is 0 Å². The van der Waals surface area contributed by atoms with Crippen LogP contribution in [0.15, 0.2) is 41.0 Å². The van der Waals surface area contributed by atoms with Gasteiger partial charge in [0.25, 0.3) is 5.91 Å². The minimum Gasteiger partial charge on any atom is -0.484 e. The first-order valence-corrected chi connectivity index (χ1v) is 6.90. The van der Waals surface area contributed by atoms with Crippen LogP contribution in [-0.2, 0) is 6.42 Å². The second kappa shape index (κ2) is 6.90. The van der Waals surface area contributed by atoms with E-state index < -0.39 is 0 Å². The number of furan rings is 1. The molecule has 1 aromatic carbocycles. The average Bonchev–Trinajstić information content (AvgIpc) is 2.94. The lowest BCUT2D eigenvalue weighted by Crippen LogP contribution is -2.19. The number of anilines is 1. The third kappa shape index (κ3) is 3.82. The maximum Gasteiger partial charge on any atom is 0.259 e. The average molecular weight is 304 g/mol. The molecule has 2 rings (SSSR count). The minimum absolute atomic E-state index is 0.119. The molecule has 0 aliphatic carbocycles. The van der Waals surface area contributed by atoms with Crippen molar-refractivity contribution in [2.75, 3.05) is 11.9 Å². The van der Waals surface area contributed by atoms with E-state index in [9.17, 15) is 4.79 Å². The molecule has 1 amide bonds. The standard InChI is InChI=1S/C15H16N2O3S/c1-2-12-10(7-8-19-12)15(18)17-11-5-3-4-6-13(11)20-9-14(16)21/h3-8H,2,9H2,1H3,(H2,16,21)(H,17,18). The zero-order valence-corrected chi connectivity index (χ0v) is 12.4. The van der Waals surface area contributed by atoms with Crippen molar-refractivity contribution < 1.29 is 13.9 Å². The zero-order chi connectivity index (χ0) is 15.2. The van der Waals surface area contributed by atoms with Gasteiger partial charge in [0.15, 0.2) is 0 Å². The van der Waals surface area contributed by atoms with Gasteiger partial charge < -0.3 is 20.2 Å². The number of benzene rings is 1. The van der Waals surface area contributed by atoms with E-state index in [1.807, 2.05) is 6.92 Å². The number of amides is 1. The summed E-state index contributed by atoms with van der Waals surface area (Å²) in [6.45, 7) is 2.04. The number of nitrogens with two attached hydrogens (primary N) is 1. The van der Waals surface area contributed by atoms with Crippen LogP contribution < -0.4 is 15.8 Å². The van der Waals surface area contributed by atoms with Crippen molar-refractivity contribution in [1.29, 1.82) is 0 Å². The third-order valence-corrected chi connectivity index (χ3v) is 2.93. The highest BCUT2D eigenvalue weighted by molar-refractivity contribution is 7.80. The van der Waals surface area contributed by atoms with Crippen LogP contribution >= 0.6 is 12.2 Å². The number of aryl methyl sites for hydroxylation is 1. The van der Waals surface area contributed by atoms with E-state index in [1.54, 1.807) is 30.3 Å². The van der Waals surface area contributed by atoms with E-state index in [-0.39, 0.29) is 17.5 Å². The number of carbonyl (C=O) groups is 1. The summed E-state index contributed by atoms with van der Waals surface area (Å²) in [4.78, 5) is 12.5. The smallest absolute Gasteiger partial charge is 0.259 e. The molecule has 0 aliphatic rings. The molecule has 1 aromatic heterocycles. The largest absolute Gasteiger partial charge is 0.484 e. The molecule has 5 nitrogen and oxygen atoms in total. The first kappa shape index (κ1) is 15.1. The molecule has 0 saturated heterocycles. The van der Waals surface area contributed by atoms with Crippen LogP contribution in [0, 0.1) is 0 Å². The molecule has 6 heteroatoms. The van der Waals surface area contributed by atoms with Crippen molar-refractivity contribution >= 4 is 28.8 Å². The summed E-state index contributed by atoms with van der Waals surface area (Å²) >= 11 is 4.78. The van der Waals surface area contributed by atoms with Gasteiger partial charge in [-0.15, -0.1) is 0 Å². The fourth-order valence-electron chi connectivity index (χ4n) is 1.85. The Kier molecular flexibility index (Phi) is 4.94. The number of para-hydroxylation sites is 2.